The molecule has 0 radical (unpaired) electrons. The predicted octanol–water partition coefficient (Wildman–Crippen LogP) is 9.73. The van der Waals surface area contributed by atoms with Gasteiger partial charge in [0.15, 0.2) is 0 Å². The second kappa shape index (κ2) is 9.58. The standard InChI is InChI=1S/C38H25N3/c1-2-9-26(10-3-1)31-18-20-35(39-25-31)28-13-8-14-32(21-28)41-37-16-7-6-15-33(37)34-19-17-29(23-38(34)41)36-22-27-11-4-5-12-30(27)24-40-36/h1-25H. The van der Waals surface area contributed by atoms with E-state index in [1.807, 2.05) is 18.5 Å². The third-order valence-electron chi connectivity index (χ3n) is 7.87. The monoisotopic (exact) mass is 523 g/mol. The van der Waals surface area contributed by atoms with E-state index in [2.05, 4.69) is 138 Å². The van der Waals surface area contributed by atoms with E-state index >= 15 is 0 Å². The van der Waals surface area contributed by atoms with Gasteiger partial charge in [-0.3, -0.25) is 9.97 Å². The van der Waals surface area contributed by atoms with E-state index in [9.17, 15) is 0 Å². The summed E-state index contributed by atoms with van der Waals surface area (Å²) in [5.41, 5.74) is 9.82. The van der Waals surface area contributed by atoms with Gasteiger partial charge in [0.25, 0.3) is 0 Å². The Balaban J connectivity index is 1.26. The molecule has 3 aromatic heterocycles. The molecule has 3 heteroatoms. The molecule has 0 bridgehead atoms. The molecule has 0 aliphatic rings. The molecule has 0 saturated heterocycles. The first-order valence-electron chi connectivity index (χ1n) is 13.8. The molecule has 0 amide bonds. The van der Waals surface area contributed by atoms with Crippen LogP contribution >= 0.6 is 0 Å². The summed E-state index contributed by atoms with van der Waals surface area (Å²) in [5, 5.41) is 4.79. The fourth-order valence-corrected chi connectivity index (χ4v) is 5.82. The van der Waals surface area contributed by atoms with Gasteiger partial charge in [0.2, 0.25) is 0 Å². The molecule has 3 nitrogen and oxygen atoms in total. The van der Waals surface area contributed by atoms with Gasteiger partial charge in [-0.05, 0) is 47.3 Å². The number of nitrogens with zero attached hydrogens (tertiary/aromatic N) is 3. The molecular formula is C38H25N3. The number of aromatic nitrogens is 3. The molecule has 0 atom stereocenters. The molecule has 0 aliphatic heterocycles. The van der Waals surface area contributed by atoms with Crippen molar-refractivity contribution in [2.45, 2.75) is 0 Å². The second-order valence-corrected chi connectivity index (χ2v) is 10.3. The van der Waals surface area contributed by atoms with Crippen molar-refractivity contribution in [3.8, 4) is 39.3 Å². The van der Waals surface area contributed by atoms with E-state index in [0.29, 0.717) is 0 Å². The lowest BCUT2D eigenvalue weighted by Crippen LogP contribution is -1.95. The van der Waals surface area contributed by atoms with Crippen molar-refractivity contribution in [1.82, 2.24) is 14.5 Å². The van der Waals surface area contributed by atoms with Gasteiger partial charge >= 0.3 is 0 Å². The van der Waals surface area contributed by atoms with E-state index in [1.54, 1.807) is 0 Å². The third-order valence-corrected chi connectivity index (χ3v) is 7.87. The van der Waals surface area contributed by atoms with Gasteiger partial charge in [0.05, 0.1) is 22.4 Å². The van der Waals surface area contributed by atoms with E-state index in [4.69, 9.17) is 9.97 Å². The van der Waals surface area contributed by atoms with Gasteiger partial charge in [-0.1, -0.05) is 103 Å². The van der Waals surface area contributed by atoms with Gasteiger partial charge < -0.3 is 4.57 Å². The predicted molar refractivity (Wildman–Crippen MR) is 170 cm³/mol. The van der Waals surface area contributed by atoms with Crippen LogP contribution in [0.4, 0.5) is 0 Å². The van der Waals surface area contributed by atoms with Crippen molar-refractivity contribution in [3.05, 3.63) is 152 Å². The lowest BCUT2D eigenvalue weighted by Gasteiger charge is -2.11. The summed E-state index contributed by atoms with van der Waals surface area (Å²) in [7, 11) is 0. The quantitative estimate of drug-likeness (QED) is 0.230. The first kappa shape index (κ1) is 23.4. The highest BCUT2D eigenvalue weighted by Crippen LogP contribution is 2.36. The van der Waals surface area contributed by atoms with Crippen LogP contribution in [0.2, 0.25) is 0 Å². The van der Waals surface area contributed by atoms with Crippen molar-refractivity contribution < 1.29 is 0 Å². The van der Waals surface area contributed by atoms with Crippen LogP contribution in [-0.4, -0.2) is 14.5 Å². The van der Waals surface area contributed by atoms with Crippen molar-refractivity contribution in [3.63, 3.8) is 0 Å². The highest BCUT2D eigenvalue weighted by atomic mass is 15.0. The van der Waals surface area contributed by atoms with Crippen molar-refractivity contribution in [2.24, 2.45) is 0 Å². The van der Waals surface area contributed by atoms with Gasteiger partial charge in [-0.2, -0.15) is 0 Å². The Hall–Kier alpha value is -5.54. The largest absolute Gasteiger partial charge is 0.309 e. The Kier molecular flexibility index (Phi) is 5.46. The number of hydrogen-bond donors (Lipinski definition) is 0. The summed E-state index contributed by atoms with van der Waals surface area (Å²) < 4.78 is 2.36. The number of para-hydroxylation sites is 1. The van der Waals surface area contributed by atoms with Crippen molar-refractivity contribution in [2.75, 3.05) is 0 Å². The first-order valence-corrected chi connectivity index (χ1v) is 13.8. The van der Waals surface area contributed by atoms with Crippen LogP contribution < -0.4 is 0 Å². The van der Waals surface area contributed by atoms with Crippen LogP contribution in [0.1, 0.15) is 0 Å². The molecule has 0 aliphatic carbocycles. The van der Waals surface area contributed by atoms with E-state index in [-0.39, 0.29) is 0 Å². The first-order chi connectivity index (χ1) is 20.3. The maximum absolute atomic E-state index is 4.83. The summed E-state index contributed by atoms with van der Waals surface area (Å²) in [6, 6.07) is 49.1. The number of pyridine rings is 2. The number of fused-ring (bicyclic) bond motifs is 4. The fourth-order valence-electron chi connectivity index (χ4n) is 5.82. The Morgan fingerprint density at radius 2 is 1.10 bits per heavy atom. The van der Waals surface area contributed by atoms with Gasteiger partial charge in [-0.25, -0.2) is 0 Å². The van der Waals surface area contributed by atoms with E-state index < -0.39 is 0 Å². The highest BCUT2D eigenvalue weighted by Gasteiger charge is 2.14. The van der Waals surface area contributed by atoms with Crippen LogP contribution in [0.15, 0.2) is 152 Å². The van der Waals surface area contributed by atoms with Crippen LogP contribution in [-0.2, 0) is 0 Å². The van der Waals surface area contributed by atoms with Crippen LogP contribution in [0.25, 0.3) is 71.9 Å². The molecular weight excluding hydrogens is 498 g/mol. The smallest absolute Gasteiger partial charge is 0.0709 e. The zero-order valence-corrected chi connectivity index (χ0v) is 22.3. The summed E-state index contributed by atoms with van der Waals surface area (Å²) in [5.74, 6) is 0. The fraction of sp³-hybridized carbons (Fsp3) is 0. The Bertz CT molecular complexity index is 2190. The van der Waals surface area contributed by atoms with Crippen LogP contribution in [0, 0.1) is 0 Å². The number of hydrogen-bond acceptors (Lipinski definition) is 2. The zero-order chi connectivity index (χ0) is 27.2. The third kappa shape index (κ3) is 4.07. The number of benzene rings is 5. The molecule has 0 saturated carbocycles. The molecule has 0 unspecified atom stereocenters. The van der Waals surface area contributed by atoms with Crippen LogP contribution in [0.5, 0.6) is 0 Å². The summed E-state index contributed by atoms with van der Waals surface area (Å²) in [4.78, 5) is 9.64. The summed E-state index contributed by atoms with van der Waals surface area (Å²) in [6.07, 6.45) is 3.92. The maximum atomic E-state index is 4.83. The maximum Gasteiger partial charge on any atom is 0.0709 e. The van der Waals surface area contributed by atoms with Gasteiger partial charge in [-0.15, -0.1) is 0 Å². The zero-order valence-electron chi connectivity index (χ0n) is 22.3. The van der Waals surface area contributed by atoms with Crippen molar-refractivity contribution >= 4 is 32.6 Å². The van der Waals surface area contributed by atoms with E-state index in [1.165, 1.54) is 27.2 Å². The Labute approximate surface area is 238 Å². The van der Waals surface area contributed by atoms with E-state index in [0.717, 1.165) is 44.7 Å². The highest BCUT2D eigenvalue weighted by molar-refractivity contribution is 6.10. The molecule has 8 aromatic rings. The lowest BCUT2D eigenvalue weighted by molar-refractivity contribution is 1.18. The Morgan fingerprint density at radius 3 is 1.98 bits per heavy atom. The minimum absolute atomic E-state index is 0.952. The minimum Gasteiger partial charge on any atom is -0.309 e. The molecule has 192 valence electrons. The SMILES string of the molecule is c1ccc(-c2ccc(-c3cccc(-n4c5ccccc5c5ccc(-c6cc7ccccc7cn6)cc54)c3)nc2)cc1. The molecule has 0 N–H and O–H groups in total. The lowest BCUT2D eigenvalue weighted by atomic mass is 10.0. The topological polar surface area (TPSA) is 30.7 Å². The van der Waals surface area contributed by atoms with Crippen molar-refractivity contribution in [1.29, 1.82) is 0 Å². The summed E-state index contributed by atoms with van der Waals surface area (Å²) in [6.45, 7) is 0. The minimum atomic E-state index is 0.952. The van der Waals surface area contributed by atoms with Crippen LogP contribution in [0.3, 0.4) is 0 Å². The molecule has 5 aromatic carbocycles. The molecule has 8 rings (SSSR count). The molecule has 41 heavy (non-hydrogen) atoms. The second-order valence-electron chi connectivity index (χ2n) is 10.3. The average Bonchev–Trinajstić information content (AvgIpc) is 3.39. The number of rotatable bonds is 4. The average molecular weight is 524 g/mol. The van der Waals surface area contributed by atoms with Gasteiger partial charge in [0, 0.05) is 50.9 Å². The molecule has 0 fully saturated rings. The van der Waals surface area contributed by atoms with Gasteiger partial charge in [0.1, 0.15) is 0 Å². The molecule has 0 spiro atoms. The molecule has 3 heterocycles. The Morgan fingerprint density at radius 1 is 0.390 bits per heavy atom. The summed E-state index contributed by atoms with van der Waals surface area (Å²) >= 11 is 0. The normalized spacial score (nSPS) is 11.4.